The Hall–Kier alpha value is -2.82. The molecule has 1 fully saturated rings. The number of aliphatic imine (C=N–C) groups is 1. The minimum absolute atomic E-state index is 0.589. The quantitative estimate of drug-likeness (QED) is 0.588. The van der Waals surface area contributed by atoms with Crippen molar-refractivity contribution in [1.29, 1.82) is 0 Å². The van der Waals surface area contributed by atoms with E-state index in [1.54, 1.807) is 0 Å². The molecule has 29 heavy (non-hydrogen) atoms. The van der Waals surface area contributed by atoms with Crippen molar-refractivity contribution in [2.75, 3.05) is 42.8 Å². The van der Waals surface area contributed by atoms with Crippen LogP contribution in [0.1, 0.15) is 5.56 Å². The van der Waals surface area contributed by atoms with Crippen LogP contribution in [0.4, 0.5) is 17.1 Å². The number of anilines is 3. The van der Waals surface area contributed by atoms with E-state index in [1.807, 2.05) is 24.4 Å². The number of fused-ring (bicyclic) bond motifs is 1. The highest BCUT2D eigenvalue weighted by Crippen LogP contribution is 2.41. The molecule has 0 aliphatic carbocycles. The molecular weight excluding hydrogens is 382 g/mol. The monoisotopic (exact) mass is 403 g/mol. The Morgan fingerprint density at radius 3 is 2.31 bits per heavy atom. The molecular formula is C24H22ClN3O. The van der Waals surface area contributed by atoms with Crippen LogP contribution < -0.4 is 9.80 Å². The predicted octanol–water partition coefficient (Wildman–Crippen LogP) is 5.37. The molecule has 2 aliphatic heterocycles. The third-order valence-electron chi connectivity index (χ3n) is 5.49. The van der Waals surface area contributed by atoms with Gasteiger partial charge in [-0.2, -0.15) is 0 Å². The lowest BCUT2D eigenvalue weighted by Crippen LogP contribution is -2.36. The highest BCUT2D eigenvalue weighted by Gasteiger charge is 2.21. The smallest absolute Gasteiger partial charge is 0.114 e. The van der Waals surface area contributed by atoms with Crippen molar-refractivity contribution in [1.82, 2.24) is 0 Å². The maximum absolute atomic E-state index is 6.53. The number of morpholine rings is 1. The Morgan fingerprint density at radius 1 is 0.793 bits per heavy atom. The van der Waals surface area contributed by atoms with E-state index in [2.05, 4.69) is 63.3 Å². The van der Waals surface area contributed by atoms with E-state index in [0.29, 0.717) is 6.67 Å². The second-order valence-corrected chi connectivity index (χ2v) is 7.63. The zero-order valence-corrected chi connectivity index (χ0v) is 16.8. The number of hydrogen-bond donors (Lipinski definition) is 0. The summed E-state index contributed by atoms with van der Waals surface area (Å²) in [6.07, 6.45) is 1.95. The molecule has 0 atom stereocenters. The number of para-hydroxylation sites is 1. The van der Waals surface area contributed by atoms with E-state index in [-0.39, 0.29) is 0 Å². The Morgan fingerprint density at radius 2 is 1.52 bits per heavy atom. The second-order valence-electron chi connectivity index (χ2n) is 7.22. The van der Waals surface area contributed by atoms with E-state index in [4.69, 9.17) is 16.3 Å². The largest absolute Gasteiger partial charge is 0.378 e. The summed E-state index contributed by atoms with van der Waals surface area (Å²) in [4.78, 5) is 9.21. The third-order valence-corrected chi connectivity index (χ3v) is 5.82. The minimum atomic E-state index is 0.589. The molecule has 3 aromatic carbocycles. The topological polar surface area (TPSA) is 28.1 Å². The van der Waals surface area contributed by atoms with Gasteiger partial charge in [-0.1, -0.05) is 48.0 Å². The van der Waals surface area contributed by atoms with Gasteiger partial charge in [-0.15, -0.1) is 0 Å². The SMILES string of the molecule is Clc1ccccc1-c1cccc2c1N(c1ccc(N3CCOCC3)cc1)CN=C2. The summed E-state index contributed by atoms with van der Waals surface area (Å²) < 4.78 is 5.47. The van der Waals surface area contributed by atoms with Crippen molar-refractivity contribution in [2.24, 2.45) is 4.99 Å². The van der Waals surface area contributed by atoms with Gasteiger partial charge in [-0.3, -0.25) is 4.99 Å². The van der Waals surface area contributed by atoms with Crippen LogP contribution in [0, 0.1) is 0 Å². The van der Waals surface area contributed by atoms with Gasteiger partial charge in [0, 0.05) is 52.4 Å². The number of hydrogen-bond acceptors (Lipinski definition) is 4. The van der Waals surface area contributed by atoms with Crippen LogP contribution >= 0.6 is 11.6 Å². The van der Waals surface area contributed by atoms with Gasteiger partial charge in [0.25, 0.3) is 0 Å². The number of halogens is 1. The maximum Gasteiger partial charge on any atom is 0.114 e. The molecule has 5 rings (SSSR count). The van der Waals surface area contributed by atoms with Crippen LogP contribution in [0.25, 0.3) is 11.1 Å². The Balaban J connectivity index is 1.54. The van der Waals surface area contributed by atoms with Gasteiger partial charge in [-0.25, -0.2) is 0 Å². The molecule has 3 aromatic rings. The molecule has 0 radical (unpaired) electrons. The molecule has 2 heterocycles. The molecule has 5 heteroatoms. The van der Waals surface area contributed by atoms with Gasteiger partial charge < -0.3 is 14.5 Å². The lowest BCUT2D eigenvalue weighted by Gasteiger charge is -2.32. The van der Waals surface area contributed by atoms with Crippen molar-refractivity contribution < 1.29 is 4.74 Å². The molecule has 2 aliphatic rings. The fraction of sp³-hybridized carbons (Fsp3) is 0.208. The van der Waals surface area contributed by atoms with Gasteiger partial charge >= 0.3 is 0 Å². The summed E-state index contributed by atoms with van der Waals surface area (Å²) in [6, 6.07) is 23.0. The first kappa shape index (κ1) is 18.2. The van der Waals surface area contributed by atoms with E-state index in [9.17, 15) is 0 Å². The average molecular weight is 404 g/mol. The molecule has 146 valence electrons. The molecule has 4 nitrogen and oxygen atoms in total. The van der Waals surface area contributed by atoms with Crippen LogP contribution in [0.5, 0.6) is 0 Å². The summed E-state index contributed by atoms with van der Waals surface area (Å²) in [5.74, 6) is 0. The first-order valence-electron chi connectivity index (χ1n) is 9.89. The Bertz CT molecular complexity index is 1040. The zero-order chi connectivity index (χ0) is 19.6. The highest BCUT2D eigenvalue weighted by molar-refractivity contribution is 6.33. The van der Waals surface area contributed by atoms with Crippen molar-refractivity contribution in [3.8, 4) is 11.1 Å². The van der Waals surface area contributed by atoms with Gasteiger partial charge in [0.15, 0.2) is 0 Å². The predicted molar refractivity (Wildman–Crippen MR) is 121 cm³/mol. The van der Waals surface area contributed by atoms with Gasteiger partial charge in [0.05, 0.1) is 18.9 Å². The number of ether oxygens (including phenoxy) is 1. The fourth-order valence-electron chi connectivity index (χ4n) is 4.03. The minimum Gasteiger partial charge on any atom is -0.378 e. The summed E-state index contributed by atoms with van der Waals surface area (Å²) in [5, 5.41) is 0.756. The maximum atomic E-state index is 6.53. The summed E-state index contributed by atoms with van der Waals surface area (Å²) >= 11 is 6.53. The number of nitrogens with zero attached hydrogens (tertiary/aromatic N) is 3. The zero-order valence-electron chi connectivity index (χ0n) is 16.1. The van der Waals surface area contributed by atoms with Crippen LogP contribution in [-0.2, 0) is 4.74 Å². The number of rotatable bonds is 3. The number of benzene rings is 3. The van der Waals surface area contributed by atoms with Gasteiger partial charge in [-0.05, 0) is 30.3 Å². The molecule has 0 saturated carbocycles. The first-order chi connectivity index (χ1) is 14.3. The highest BCUT2D eigenvalue weighted by atomic mass is 35.5. The molecule has 0 unspecified atom stereocenters. The summed E-state index contributed by atoms with van der Waals surface area (Å²) in [7, 11) is 0. The van der Waals surface area contributed by atoms with Crippen LogP contribution in [0.15, 0.2) is 71.7 Å². The summed E-state index contributed by atoms with van der Waals surface area (Å²) in [5.41, 5.74) is 6.77. The van der Waals surface area contributed by atoms with E-state index >= 15 is 0 Å². The average Bonchev–Trinajstić information content (AvgIpc) is 2.79. The van der Waals surface area contributed by atoms with Gasteiger partial charge in [0.1, 0.15) is 6.67 Å². The van der Waals surface area contributed by atoms with E-state index < -0.39 is 0 Å². The molecule has 0 aromatic heterocycles. The van der Waals surface area contributed by atoms with Crippen LogP contribution in [0.3, 0.4) is 0 Å². The van der Waals surface area contributed by atoms with E-state index in [0.717, 1.165) is 59.4 Å². The van der Waals surface area contributed by atoms with Crippen LogP contribution in [-0.4, -0.2) is 39.2 Å². The standard InChI is InChI=1S/C24H22ClN3O/c25-23-7-2-1-5-21(23)22-6-3-4-18-16-26-17-28(24(18)22)20-10-8-19(9-11-20)27-12-14-29-15-13-27/h1-11,16H,12-15,17H2. The lowest BCUT2D eigenvalue weighted by molar-refractivity contribution is 0.122. The van der Waals surface area contributed by atoms with Crippen molar-refractivity contribution in [3.63, 3.8) is 0 Å². The molecule has 0 bridgehead atoms. The van der Waals surface area contributed by atoms with Crippen LogP contribution in [0.2, 0.25) is 5.02 Å². The molecule has 0 amide bonds. The summed E-state index contributed by atoms with van der Waals surface area (Å²) in [6.45, 7) is 4.04. The first-order valence-corrected chi connectivity index (χ1v) is 10.3. The fourth-order valence-corrected chi connectivity index (χ4v) is 4.27. The Labute approximate surface area is 176 Å². The lowest BCUT2D eigenvalue weighted by atomic mass is 9.98. The van der Waals surface area contributed by atoms with Crippen molar-refractivity contribution in [2.45, 2.75) is 0 Å². The van der Waals surface area contributed by atoms with Gasteiger partial charge in [0.2, 0.25) is 0 Å². The molecule has 0 spiro atoms. The van der Waals surface area contributed by atoms with Crippen molar-refractivity contribution >= 4 is 34.9 Å². The molecule has 1 saturated heterocycles. The third kappa shape index (κ3) is 3.50. The van der Waals surface area contributed by atoms with Crippen molar-refractivity contribution in [3.05, 3.63) is 77.3 Å². The molecule has 0 N–H and O–H groups in total. The van der Waals surface area contributed by atoms with E-state index in [1.165, 1.54) is 5.69 Å². The second kappa shape index (κ2) is 7.90. The Kier molecular flexibility index (Phi) is 4.96. The normalized spacial score (nSPS) is 16.0.